The molecule has 0 N–H and O–H groups in total. The van der Waals surface area contributed by atoms with Crippen molar-refractivity contribution in [3.05, 3.63) is 41.2 Å². The van der Waals surface area contributed by atoms with Crippen LogP contribution in [0.1, 0.15) is 37.0 Å². The zero-order valence-corrected chi connectivity index (χ0v) is 10.4. The number of carbonyl (C=O) groups excluding carboxylic acids is 1. The predicted octanol–water partition coefficient (Wildman–Crippen LogP) is 3.76. The van der Waals surface area contributed by atoms with Gasteiger partial charge in [0.2, 0.25) is 0 Å². The number of ketones is 1. The Morgan fingerprint density at radius 1 is 1.35 bits per heavy atom. The highest BCUT2D eigenvalue weighted by Crippen LogP contribution is 2.21. The van der Waals surface area contributed by atoms with Crippen molar-refractivity contribution in [1.82, 2.24) is 0 Å². The molecule has 0 unspecified atom stereocenters. The summed E-state index contributed by atoms with van der Waals surface area (Å²) < 4.78 is 18.2. The van der Waals surface area contributed by atoms with Crippen molar-refractivity contribution in [3.8, 4) is 5.75 Å². The van der Waals surface area contributed by atoms with E-state index in [0.717, 1.165) is 18.4 Å². The SMILES string of the molecule is CCC(=CC(=O)c1cc(F)ccc1OC)CC. The molecule has 1 rings (SSSR count). The molecule has 0 bridgehead atoms. The quantitative estimate of drug-likeness (QED) is 0.574. The van der Waals surface area contributed by atoms with Gasteiger partial charge in [0, 0.05) is 0 Å². The van der Waals surface area contributed by atoms with Gasteiger partial charge in [0.25, 0.3) is 0 Å². The van der Waals surface area contributed by atoms with Crippen LogP contribution in [0.4, 0.5) is 4.39 Å². The largest absolute Gasteiger partial charge is 0.496 e. The zero-order valence-electron chi connectivity index (χ0n) is 10.4. The van der Waals surface area contributed by atoms with Crippen LogP contribution in [0.3, 0.4) is 0 Å². The highest BCUT2D eigenvalue weighted by molar-refractivity contribution is 6.06. The zero-order chi connectivity index (χ0) is 12.8. The number of hydrogen-bond donors (Lipinski definition) is 0. The second-order valence-electron chi connectivity index (χ2n) is 3.72. The van der Waals surface area contributed by atoms with Gasteiger partial charge in [-0.05, 0) is 37.1 Å². The lowest BCUT2D eigenvalue weighted by Crippen LogP contribution is -2.01. The third-order valence-electron chi connectivity index (χ3n) is 2.67. The molecule has 0 atom stereocenters. The minimum atomic E-state index is -0.433. The summed E-state index contributed by atoms with van der Waals surface area (Å²) in [6.45, 7) is 3.98. The summed E-state index contributed by atoms with van der Waals surface area (Å²) in [6.07, 6.45) is 3.21. The molecular formula is C14H17FO2. The van der Waals surface area contributed by atoms with E-state index in [-0.39, 0.29) is 11.3 Å². The Labute approximate surface area is 101 Å². The summed E-state index contributed by atoms with van der Waals surface area (Å²) in [5.41, 5.74) is 1.31. The van der Waals surface area contributed by atoms with Gasteiger partial charge in [-0.1, -0.05) is 19.4 Å². The van der Waals surface area contributed by atoms with Crippen LogP contribution < -0.4 is 4.74 Å². The first kappa shape index (κ1) is 13.4. The lowest BCUT2D eigenvalue weighted by Gasteiger charge is -2.06. The molecule has 3 heteroatoms. The van der Waals surface area contributed by atoms with Crippen molar-refractivity contribution >= 4 is 5.78 Å². The predicted molar refractivity (Wildman–Crippen MR) is 65.9 cm³/mol. The van der Waals surface area contributed by atoms with Gasteiger partial charge < -0.3 is 4.74 Å². The Balaban J connectivity index is 3.11. The summed E-state index contributed by atoms with van der Waals surface area (Å²) in [7, 11) is 1.47. The fourth-order valence-corrected chi connectivity index (χ4v) is 1.59. The summed E-state index contributed by atoms with van der Waals surface area (Å²) in [5.74, 6) is -0.239. The minimum absolute atomic E-state index is 0.208. The molecule has 0 heterocycles. The van der Waals surface area contributed by atoms with Crippen LogP contribution in [0, 0.1) is 5.82 Å². The van der Waals surface area contributed by atoms with E-state index in [4.69, 9.17) is 4.74 Å². The van der Waals surface area contributed by atoms with E-state index in [2.05, 4.69) is 0 Å². The molecule has 0 amide bonds. The Morgan fingerprint density at radius 2 is 2.00 bits per heavy atom. The summed E-state index contributed by atoms with van der Waals surface area (Å²) >= 11 is 0. The van der Waals surface area contributed by atoms with Gasteiger partial charge in [-0.25, -0.2) is 4.39 Å². The van der Waals surface area contributed by atoms with Crippen molar-refractivity contribution in [1.29, 1.82) is 0 Å². The van der Waals surface area contributed by atoms with E-state index >= 15 is 0 Å². The summed E-state index contributed by atoms with van der Waals surface area (Å²) in [4.78, 5) is 12.0. The molecule has 1 aromatic rings. The lowest BCUT2D eigenvalue weighted by molar-refractivity contribution is 0.104. The molecule has 0 aliphatic heterocycles. The van der Waals surface area contributed by atoms with E-state index < -0.39 is 5.82 Å². The number of halogens is 1. The van der Waals surface area contributed by atoms with Crippen LogP contribution in [-0.4, -0.2) is 12.9 Å². The van der Waals surface area contributed by atoms with Crippen LogP contribution in [0.15, 0.2) is 29.8 Å². The molecule has 0 aromatic heterocycles. The van der Waals surface area contributed by atoms with E-state index in [9.17, 15) is 9.18 Å². The molecule has 0 spiro atoms. The number of hydrogen-bond acceptors (Lipinski definition) is 2. The Kier molecular flexibility index (Phi) is 4.88. The molecule has 0 radical (unpaired) electrons. The minimum Gasteiger partial charge on any atom is -0.496 e. The number of rotatable bonds is 5. The molecule has 0 fully saturated rings. The number of benzene rings is 1. The van der Waals surface area contributed by atoms with Crippen LogP contribution in [0.2, 0.25) is 0 Å². The van der Waals surface area contributed by atoms with E-state index in [1.54, 1.807) is 6.08 Å². The van der Waals surface area contributed by atoms with Crippen molar-refractivity contribution in [2.24, 2.45) is 0 Å². The molecular weight excluding hydrogens is 219 g/mol. The average molecular weight is 236 g/mol. The second kappa shape index (κ2) is 6.18. The third-order valence-corrected chi connectivity index (χ3v) is 2.67. The number of methoxy groups -OCH3 is 1. The molecule has 0 aliphatic carbocycles. The van der Waals surface area contributed by atoms with Crippen molar-refractivity contribution < 1.29 is 13.9 Å². The number of carbonyl (C=O) groups is 1. The van der Waals surface area contributed by atoms with Gasteiger partial charge in [0.05, 0.1) is 12.7 Å². The van der Waals surface area contributed by atoms with Crippen molar-refractivity contribution in [2.45, 2.75) is 26.7 Å². The Morgan fingerprint density at radius 3 is 2.53 bits per heavy atom. The lowest BCUT2D eigenvalue weighted by atomic mass is 10.0. The smallest absolute Gasteiger partial charge is 0.189 e. The fourth-order valence-electron chi connectivity index (χ4n) is 1.59. The first-order valence-corrected chi connectivity index (χ1v) is 5.69. The maximum Gasteiger partial charge on any atom is 0.189 e. The molecule has 0 aliphatic rings. The average Bonchev–Trinajstić information content (AvgIpc) is 2.35. The first-order chi connectivity index (χ1) is 8.12. The van der Waals surface area contributed by atoms with Gasteiger partial charge >= 0.3 is 0 Å². The molecule has 0 saturated carbocycles. The highest BCUT2D eigenvalue weighted by atomic mass is 19.1. The van der Waals surface area contributed by atoms with Crippen LogP contribution >= 0.6 is 0 Å². The highest BCUT2D eigenvalue weighted by Gasteiger charge is 2.11. The Bertz CT molecular complexity index is 430. The molecule has 17 heavy (non-hydrogen) atoms. The number of ether oxygens (including phenoxy) is 1. The van der Waals surface area contributed by atoms with Crippen LogP contribution in [-0.2, 0) is 0 Å². The number of allylic oxidation sites excluding steroid dienone is 2. The molecule has 92 valence electrons. The molecule has 1 aromatic carbocycles. The van der Waals surface area contributed by atoms with Gasteiger partial charge in [-0.15, -0.1) is 0 Å². The van der Waals surface area contributed by atoms with Crippen molar-refractivity contribution in [3.63, 3.8) is 0 Å². The Hall–Kier alpha value is -1.64. The summed E-state index contributed by atoms with van der Waals surface area (Å²) in [5, 5.41) is 0. The van der Waals surface area contributed by atoms with Gasteiger partial charge in [-0.2, -0.15) is 0 Å². The van der Waals surface area contributed by atoms with Crippen molar-refractivity contribution in [2.75, 3.05) is 7.11 Å². The van der Waals surface area contributed by atoms with E-state index in [1.807, 2.05) is 13.8 Å². The third kappa shape index (κ3) is 3.41. The molecule has 2 nitrogen and oxygen atoms in total. The van der Waals surface area contributed by atoms with Gasteiger partial charge in [0.15, 0.2) is 5.78 Å². The maximum absolute atomic E-state index is 13.1. The van der Waals surface area contributed by atoms with E-state index in [0.29, 0.717) is 5.75 Å². The van der Waals surface area contributed by atoms with Gasteiger partial charge in [-0.3, -0.25) is 4.79 Å². The monoisotopic (exact) mass is 236 g/mol. The summed E-state index contributed by atoms with van der Waals surface area (Å²) in [6, 6.07) is 3.95. The first-order valence-electron chi connectivity index (χ1n) is 5.69. The van der Waals surface area contributed by atoms with E-state index in [1.165, 1.54) is 25.3 Å². The normalized spacial score (nSPS) is 9.88. The standard InChI is InChI=1S/C14H17FO2/c1-4-10(5-2)8-13(16)12-9-11(15)6-7-14(12)17-3/h6-9H,4-5H2,1-3H3. The maximum atomic E-state index is 13.1. The van der Waals surface area contributed by atoms with Crippen LogP contribution in [0.25, 0.3) is 0 Å². The fraction of sp³-hybridized carbons (Fsp3) is 0.357. The topological polar surface area (TPSA) is 26.3 Å². The second-order valence-corrected chi connectivity index (χ2v) is 3.72. The van der Waals surface area contributed by atoms with Crippen LogP contribution in [0.5, 0.6) is 5.75 Å². The molecule has 0 saturated heterocycles. The van der Waals surface area contributed by atoms with Gasteiger partial charge in [0.1, 0.15) is 11.6 Å².